The summed E-state index contributed by atoms with van der Waals surface area (Å²) in [5.74, 6) is -0.570. The van der Waals surface area contributed by atoms with Crippen molar-refractivity contribution in [2.75, 3.05) is 0 Å². The van der Waals surface area contributed by atoms with Crippen LogP contribution in [0.3, 0.4) is 0 Å². The Morgan fingerprint density at radius 3 is 2.71 bits per heavy atom. The zero-order valence-electron chi connectivity index (χ0n) is 15.4. The van der Waals surface area contributed by atoms with E-state index in [1.165, 1.54) is 17.8 Å². The Kier molecular flexibility index (Phi) is 5.17. The summed E-state index contributed by atoms with van der Waals surface area (Å²) in [5, 5.41) is 3.44. The maximum Gasteiger partial charge on any atom is 0.262 e. The first-order valence-corrected chi connectivity index (χ1v) is 10.1. The van der Waals surface area contributed by atoms with Crippen molar-refractivity contribution in [1.82, 2.24) is 14.9 Å². The van der Waals surface area contributed by atoms with E-state index in [9.17, 15) is 14.0 Å². The summed E-state index contributed by atoms with van der Waals surface area (Å²) in [7, 11) is 0. The predicted octanol–water partition coefficient (Wildman–Crippen LogP) is 3.67. The Balaban J connectivity index is 1.54. The highest BCUT2D eigenvalue weighted by Crippen LogP contribution is 2.37. The fraction of sp³-hybridized carbons (Fsp3) is 0.286. The Labute approximate surface area is 166 Å². The molecule has 7 heteroatoms. The van der Waals surface area contributed by atoms with Crippen LogP contribution in [0.4, 0.5) is 4.39 Å². The van der Waals surface area contributed by atoms with Crippen LogP contribution in [0.15, 0.2) is 58.5 Å². The second kappa shape index (κ2) is 7.75. The van der Waals surface area contributed by atoms with Crippen molar-refractivity contribution in [2.24, 2.45) is 0 Å². The van der Waals surface area contributed by atoms with Crippen LogP contribution in [-0.2, 0) is 11.3 Å². The number of carbonyl (C=O) groups is 1. The third kappa shape index (κ3) is 3.80. The number of aromatic nitrogens is 2. The number of nitrogens with one attached hydrogen (secondary N) is 1. The summed E-state index contributed by atoms with van der Waals surface area (Å²) in [6.07, 6.45) is 1.89. The van der Waals surface area contributed by atoms with Crippen LogP contribution in [0.25, 0.3) is 10.9 Å². The minimum absolute atomic E-state index is 0.0606. The maximum absolute atomic E-state index is 13.7. The van der Waals surface area contributed by atoms with E-state index in [0.717, 1.165) is 12.8 Å². The number of hydrogen-bond donors (Lipinski definition) is 1. The van der Waals surface area contributed by atoms with Gasteiger partial charge in [0.25, 0.3) is 5.56 Å². The zero-order valence-corrected chi connectivity index (χ0v) is 16.2. The topological polar surface area (TPSA) is 64.0 Å². The molecule has 0 saturated heterocycles. The van der Waals surface area contributed by atoms with Gasteiger partial charge in [0.15, 0.2) is 5.16 Å². The minimum atomic E-state index is -0.468. The van der Waals surface area contributed by atoms with Crippen molar-refractivity contribution >= 4 is 28.6 Å². The molecule has 5 nitrogen and oxygen atoms in total. The normalized spacial score (nSPS) is 14.8. The monoisotopic (exact) mass is 397 g/mol. The summed E-state index contributed by atoms with van der Waals surface area (Å²) < 4.78 is 15.4. The number of amides is 1. The second-order valence-electron chi connectivity index (χ2n) is 6.89. The molecule has 2 aromatic carbocycles. The van der Waals surface area contributed by atoms with Crippen molar-refractivity contribution in [3.63, 3.8) is 0 Å². The van der Waals surface area contributed by atoms with Gasteiger partial charge in [-0.25, -0.2) is 9.37 Å². The van der Waals surface area contributed by atoms with E-state index in [-0.39, 0.29) is 29.9 Å². The van der Waals surface area contributed by atoms with Gasteiger partial charge in [-0.15, -0.1) is 0 Å². The van der Waals surface area contributed by atoms with Crippen LogP contribution >= 0.6 is 11.8 Å². The lowest BCUT2D eigenvalue weighted by atomic mass is 10.2. The summed E-state index contributed by atoms with van der Waals surface area (Å²) in [6, 6.07) is 13.8. The van der Waals surface area contributed by atoms with E-state index >= 15 is 0 Å². The predicted molar refractivity (Wildman–Crippen MR) is 108 cm³/mol. The third-order valence-corrected chi connectivity index (χ3v) is 5.82. The molecule has 4 rings (SSSR count). The SMILES string of the molecule is CC(Sc1nc2ccccc2c(=O)n1C1CC1)C(=O)NCc1ccccc1F. The molecule has 1 aromatic heterocycles. The van der Waals surface area contributed by atoms with Crippen molar-refractivity contribution in [3.05, 3.63) is 70.3 Å². The van der Waals surface area contributed by atoms with Gasteiger partial charge in [-0.2, -0.15) is 0 Å². The Hall–Kier alpha value is -2.67. The number of carbonyl (C=O) groups excluding carboxylic acids is 1. The molecule has 1 saturated carbocycles. The Bertz CT molecular complexity index is 1090. The third-order valence-electron chi connectivity index (χ3n) is 4.75. The van der Waals surface area contributed by atoms with E-state index in [4.69, 9.17) is 0 Å². The van der Waals surface area contributed by atoms with E-state index < -0.39 is 5.25 Å². The highest BCUT2D eigenvalue weighted by molar-refractivity contribution is 8.00. The highest BCUT2D eigenvalue weighted by Gasteiger charge is 2.30. The molecule has 1 atom stereocenters. The van der Waals surface area contributed by atoms with E-state index in [2.05, 4.69) is 10.3 Å². The molecular weight excluding hydrogens is 377 g/mol. The van der Waals surface area contributed by atoms with E-state index in [0.29, 0.717) is 21.6 Å². The summed E-state index contributed by atoms with van der Waals surface area (Å²) in [4.78, 5) is 30.0. The highest BCUT2D eigenvalue weighted by atomic mass is 32.2. The molecule has 1 N–H and O–H groups in total. The van der Waals surface area contributed by atoms with Gasteiger partial charge >= 0.3 is 0 Å². The Morgan fingerprint density at radius 1 is 1.25 bits per heavy atom. The van der Waals surface area contributed by atoms with Crippen LogP contribution in [0, 0.1) is 5.82 Å². The summed E-state index contributed by atoms with van der Waals surface area (Å²) in [6.45, 7) is 1.89. The van der Waals surface area contributed by atoms with E-state index in [1.807, 2.05) is 12.1 Å². The van der Waals surface area contributed by atoms with Crippen LogP contribution in [0.5, 0.6) is 0 Å². The smallest absolute Gasteiger partial charge is 0.262 e. The summed E-state index contributed by atoms with van der Waals surface area (Å²) >= 11 is 1.26. The molecule has 0 bridgehead atoms. The molecular formula is C21H20FN3O2S. The largest absolute Gasteiger partial charge is 0.351 e. The van der Waals surface area contributed by atoms with Gasteiger partial charge < -0.3 is 5.32 Å². The van der Waals surface area contributed by atoms with Crippen LogP contribution in [0.1, 0.15) is 31.4 Å². The number of nitrogens with zero attached hydrogens (tertiary/aromatic N) is 2. The van der Waals surface area contributed by atoms with Gasteiger partial charge in [0.1, 0.15) is 5.82 Å². The number of para-hydroxylation sites is 1. The van der Waals surface area contributed by atoms with Gasteiger partial charge in [-0.3, -0.25) is 14.2 Å². The fourth-order valence-corrected chi connectivity index (χ4v) is 4.05. The van der Waals surface area contributed by atoms with Crippen molar-refractivity contribution in [1.29, 1.82) is 0 Å². The first-order valence-electron chi connectivity index (χ1n) is 9.23. The molecule has 1 unspecified atom stereocenters. The molecule has 3 aromatic rings. The zero-order chi connectivity index (χ0) is 19.7. The molecule has 0 radical (unpaired) electrons. The maximum atomic E-state index is 13.7. The standard InChI is InChI=1S/C21H20FN3O2S/c1-13(19(26)23-12-14-6-2-4-8-17(14)22)28-21-24-18-9-5-3-7-16(18)20(27)25(21)15-10-11-15/h2-9,13,15H,10-12H2,1H3,(H,23,26). The molecule has 28 heavy (non-hydrogen) atoms. The summed E-state index contributed by atoms with van der Waals surface area (Å²) in [5.41, 5.74) is 1.01. The number of fused-ring (bicyclic) bond motifs is 1. The molecule has 1 aliphatic carbocycles. The molecule has 1 amide bonds. The van der Waals surface area contributed by atoms with Gasteiger partial charge in [0.05, 0.1) is 16.2 Å². The molecule has 1 heterocycles. The van der Waals surface area contributed by atoms with Crippen LogP contribution in [-0.4, -0.2) is 20.7 Å². The average molecular weight is 397 g/mol. The van der Waals surface area contributed by atoms with Gasteiger partial charge in [0.2, 0.25) is 5.91 Å². The molecule has 0 aliphatic heterocycles. The van der Waals surface area contributed by atoms with Crippen molar-refractivity contribution in [3.8, 4) is 0 Å². The fourth-order valence-electron chi connectivity index (χ4n) is 3.04. The average Bonchev–Trinajstić information content (AvgIpc) is 3.52. The quantitative estimate of drug-likeness (QED) is 0.509. The molecule has 144 valence electrons. The lowest BCUT2D eigenvalue weighted by Gasteiger charge is -2.16. The molecule has 1 fully saturated rings. The van der Waals surface area contributed by atoms with Crippen LogP contribution < -0.4 is 10.9 Å². The van der Waals surface area contributed by atoms with Crippen molar-refractivity contribution < 1.29 is 9.18 Å². The number of halogens is 1. The number of rotatable bonds is 6. The number of thioether (sulfide) groups is 1. The molecule has 1 aliphatic rings. The van der Waals surface area contributed by atoms with Crippen LogP contribution in [0.2, 0.25) is 0 Å². The van der Waals surface area contributed by atoms with Gasteiger partial charge in [0, 0.05) is 18.2 Å². The van der Waals surface area contributed by atoms with Gasteiger partial charge in [-0.1, -0.05) is 42.1 Å². The number of hydrogen-bond acceptors (Lipinski definition) is 4. The van der Waals surface area contributed by atoms with E-state index in [1.54, 1.807) is 41.8 Å². The van der Waals surface area contributed by atoms with Gasteiger partial charge in [-0.05, 0) is 38.0 Å². The lowest BCUT2D eigenvalue weighted by molar-refractivity contribution is -0.120. The second-order valence-corrected chi connectivity index (χ2v) is 8.20. The molecule has 0 spiro atoms. The first-order chi connectivity index (χ1) is 13.5. The Morgan fingerprint density at radius 2 is 1.96 bits per heavy atom. The lowest BCUT2D eigenvalue weighted by Crippen LogP contribution is -2.32. The first kappa shape index (κ1) is 18.7. The van der Waals surface area contributed by atoms with Crippen molar-refractivity contribution in [2.45, 2.75) is 42.8 Å². The minimum Gasteiger partial charge on any atom is -0.351 e. The number of benzene rings is 2.